The number of nitrogens with one attached hydrogen (secondary N) is 1. The highest BCUT2D eigenvalue weighted by Gasteiger charge is 2.25. The van der Waals surface area contributed by atoms with Crippen LogP contribution in [0, 0.1) is 0 Å². The van der Waals surface area contributed by atoms with Gasteiger partial charge in [-0.1, -0.05) is 30.3 Å². The van der Waals surface area contributed by atoms with Gasteiger partial charge in [0.25, 0.3) is 0 Å². The quantitative estimate of drug-likeness (QED) is 0.732. The summed E-state index contributed by atoms with van der Waals surface area (Å²) >= 11 is 1.66. The van der Waals surface area contributed by atoms with Crippen molar-refractivity contribution in [3.63, 3.8) is 0 Å². The van der Waals surface area contributed by atoms with E-state index in [-0.39, 0.29) is 0 Å². The largest absolute Gasteiger partial charge is 0.466 e. The molecule has 0 fully saturated rings. The summed E-state index contributed by atoms with van der Waals surface area (Å²) in [5, 5.41) is 14.6. The fourth-order valence-corrected chi connectivity index (χ4v) is 3.11. The Morgan fingerprint density at radius 2 is 2.05 bits per heavy atom. The second-order valence-electron chi connectivity index (χ2n) is 5.34. The number of hydrogen-bond donors (Lipinski definition) is 2. The fraction of sp³-hybridized carbons (Fsp3) is 0.235. The van der Waals surface area contributed by atoms with Crippen LogP contribution in [0.25, 0.3) is 10.4 Å². The van der Waals surface area contributed by atoms with Crippen LogP contribution >= 0.6 is 11.3 Å². The van der Waals surface area contributed by atoms with Crippen LogP contribution in [0.3, 0.4) is 0 Å². The number of hydrogen-bond acceptors (Lipinski definition) is 5. The molecule has 3 aromatic rings. The van der Waals surface area contributed by atoms with Gasteiger partial charge in [-0.15, -0.1) is 11.3 Å². The van der Waals surface area contributed by atoms with Crippen molar-refractivity contribution in [1.29, 1.82) is 0 Å². The third-order valence-corrected chi connectivity index (χ3v) is 4.46. The molecule has 0 spiro atoms. The summed E-state index contributed by atoms with van der Waals surface area (Å²) in [5.74, 6) is 0.559. The molecule has 0 bridgehead atoms. The Labute approximate surface area is 133 Å². The summed E-state index contributed by atoms with van der Waals surface area (Å²) < 4.78 is 5.26. The van der Waals surface area contributed by atoms with E-state index >= 15 is 0 Å². The smallest absolute Gasteiger partial charge is 0.136 e. The summed E-state index contributed by atoms with van der Waals surface area (Å²) in [6.07, 6.45) is 3.46. The summed E-state index contributed by atoms with van der Waals surface area (Å²) in [6, 6.07) is 13.7. The maximum atomic E-state index is 10.4. The van der Waals surface area contributed by atoms with Gasteiger partial charge in [-0.2, -0.15) is 0 Å². The topological polar surface area (TPSA) is 58.3 Å². The van der Waals surface area contributed by atoms with Crippen LogP contribution < -0.4 is 5.32 Å². The first-order chi connectivity index (χ1) is 10.6. The van der Waals surface area contributed by atoms with E-state index in [1.165, 1.54) is 5.56 Å². The average molecular weight is 314 g/mol. The summed E-state index contributed by atoms with van der Waals surface area (Å²) in [7, 11) is 0. The Hall–Kier alpha value is -1.95. The van der Waals surface area contributed by atoms with Crippen molar-refractivity contribution < 1.29 is 9.52 Å². The van der Waals surface area contributed by atoms with E-state index in [0.29, 0.717) is 18.8 Å². The van der Waals surface area contributed by atoms with Gasteiger partial charge in [0, 0.05) is 19.3 Å². The lowest BCUT2D eigenvalue weighted by molar-refractivity contribution is 0.0340. The lowest BCUT2D eigenvalue weighted by atomic mass is 10.0. The molecule has 0 aliphatic heterocycles. The molecule has 0 aliphatic rings. The van der Waals surface area contributed by atoms with Crippen LogP contribution in [0.4, 0.5) is 0 Å². The molecule has 0 saturated carbocycles. The van der Waals surface area contributed by atoms with Crippen LogP contribution in [0.2, 0.25) is 0 Å². The molecule has 1 atom stereocenters. The van der Waals surface area contributed by atoms with Crippen molar-refractivity contribution >= 4 is 11.3 Å². The molecular formula is C17H18N2O2S. The van der Waals surface area contributed by atoms with Gasteiger partial charge in [0.2, 0.25) is 0 Å². The van der Waals surface area contributed by atoms with E-state index in [2.05, 4.69) is 22.4 Å². The van der Waals surface area contributed by atoms with Crippen LogP contribution in [0.15, 0.2) is 59.3 Å². The van der Waals surface area contributed by atoms with Crippen molar-refractivity contribution in [2.45, 2.75) is 19.1 Å². The molecule has 2 heterocycles. The monoisotopic (exact) mass is 314 g/mol. The number of thiazole rings is 1. The van der Waals surface area contributed by atoms with Crippen molar-refractivity contribution in [2.75, 3.05) is 6.54 Å². The third kappa shape index (κ3) is 3.44. The molecule has 0 aliphatic carbocycles. The number of furan rings is 1. The highest BCUT2D eigenvalue weighted by molar-refractivity contribution is 7.15. The zero-order valence-corrected chi connectivity index (χ0v) is 13.1. The highest BCUT2D eigenvalue weighted by Crippen LogP contribution is 2.26. The van der Waals surface area contributed by atoms with E-state index in [9.17, 15) is 5.11 Å². The Balaban J connectivity index is 1.58. The molecular weight excluding hydrogens is 296 g/mol. The van der Waals surface area contributed by atoms with E-state index in [1.54, 1.807) is 36.7 Å². The van der Waals surface area contributed by atoms with Crippen LogP contribution in [0.5, 0.6) is 0 Å². The molecule has 114 valence electrons. The first kappa shape index (κ1) is 15.0. The zero-order chi connectivity index (χ0) is 15.4. The fourth-order valence-electron chi connectivity index (χ4n) is 2.21. The zero-order valence-electron chi connectivity index (χ0n) is 12.3. The third-order valence-electron chi connectivity index (χ3n) is 3.41. The summed E-state index contributed by atoms with van der Waals surface area (Å²) in [6.45, 7) is 2.76. The van der Waals surface area contributed by atoms with E-state index in [1.807, 2.05) is 24.4 Å². The number of aromatic nitrogens is 1. The lowest BCUT2D eigenvalue weighted by Gasteiger charge is -2.20. The van der Waals surface area contributed by atoms with E-state index < -0.39 is 5.60 Å². The Morgan fingerprint density at radius 1 is 1.23 bits per heavy atom. The average Bonchev–Trinajstić information content (AvgIpc) is 3.20. The molecule has 1 unspecified atom stereocenters. The normalized spacial score (nSPS) is 13.9. The van der Waals surface area contributed by atoms with Gasteiger partial charge in [-0.3, -0.25) is 0 Å². The van der Waals surface area contributed by atoms with Crippen molar-refractivity contribution in [1.82, 2.24) is 10.3 Å². The Morgan fingerprint density at radius 3 is 2.77 bits per heavy atom. The van der Waals surface area contributed by atoms with Gasteiger partial charge >= 0.3 is 0 Å². The lowest BCUT2D eigenvalue weighted by Crippen LogP contribution is -2.34. The molecule has 2 N–H and O–H groups in total. The molecule has 0 radical (unpaired) electrons. The standard InChI is InChI=1S/C17H18N2O2S/c1-17(20,15-8-5-9-21-15)12-18-11-16-19-10-14(22-16)13-6-3-2-4-7-13/h2-10,18,20H,11-12H2,1H3. The van der Waals surface area contributed by atoms with Crippen molar-refractivity contribution in [2.24, 2.45) is 0 Å². The van der Waals surface area contributed by atoms with E-state index in [4.69, 9.17) is 4.42 Å². The van der Waals surface area contributed by atoms with Gasteiger partial charge in [0.15, 0.2) is 0 Å². The molecule has 2 aromatic heterocycles. The van der Waals surface area contributed by atoms with Crippen LogP contribution in [0.1, 0.15) is 17.7 Å². The number of rotatable bonds is 6. The van der Waals surface area contributed by atoms with Crippen molar-refractivity contribution in [3.05, 3.63) is 65.7 Å². The minimum atomic E-state index is -1.02. The first-order valence-electron chi connectivity index (χ1n) is 7.12. The van der Waals surface area contributed by atoms with Gasteiger partial charge in [0.05, 0.1) is 11.1 Å². The summed E-state index contributed by atoms with van der Waals surface area (Å²) in [4.78, 5) is 5.57. The Bertz CT molecular complexity index is 705. The maximum absolute atomic E-state index is 10.4. The number of aliphatic hydroxyl groups is 1. The predicted octanol–water partition coefficient (Wildman–Crippen LogP) is 3.40. The maximum Gasteiger partial charge on any atom is 0.136 e. The molecule has 1 aromatic carbocycles. The first-order valence-corrected chi connectivity index (χ1v) is 7.94. The van der Waals surface area contributed by atoms with E-state index in [0.717, 1.165) is 9.88 Å². The predicted molar refractivity (Wildman–Crippen MR) is 87.5 cm³/mol. The number of nitrogens with zero attached hydrogens (tertiary/aromatic N) is 1. The molecule has 3 rings (SSSR count). The second-order valence-corrected chi connectivity index (χ2v) is 6.45. The molecule has 4 nitrogen and oxygen atoms in total. The van der Waals surface area contributed by atoms with Crippen molar-refractivity contribution in [3.8, 4) is 10.4 Å². The SMILES string of the molecule is CC(O)(CNCc1ncc(-c2ccccc2)s1)c1ccco1. The molecule has 0 saturated heterocycles. The Kier molecular flexibility index (Phi) is 4.38. The van der Waals surface area contributed by atoms with Crippen LogP contribution in [-0.2, 0) is 12.1 Å². The molecule has 22 heavy (non-hydrogen) atoms. The number of benzene rings is 1. The van der Waals surface area contributed by atoms with Gasteiger partial charge in [-0.25, -0.2) is 4.98 Å². The summed E-state index contributed by atoms with van der Waals surface area (Å²) in [5.41, 5.74) is 0.150. The molecule has 0 amide bonds. The second kappa shape index (κ2) is 6.44. The van der Waals surface area contributed by atoms with Gasteiger partial charge in [-0.05, 0) is 24.6 Å². The molecule has 5 heteroatoms. The minimum Gasteiger partial charge on any atom is -0.466 e. The highest BCUT2D eigenvalue weighted by atomic mass is 32.1. The minimum absolute atomic E-state index is 0.404. The van der Waals surface area contributed by atoms with Crippen LogP contribution in [-0.4, -0.2) is 16.6 Å². The van der Waals surface area contributed by atoms with Gasteiger partial charge in [0.1, 0.15) is 16.4 Å². The van der Waals surface area contributed by atoms with Gasteiger partial charge < -0.3 is 14.8 Å².